The van der Waals surface area contributed by atoms with Crippen LogP contribution in [-0.4, -0.2) is 21.6 Å². The van der Waals surface area contributed by atoms with Gasteiger partial charge in [-0.3, -0.25) is 0 Å². The van der Waals surface area contributed by atoms with E-state index in [0.717, 1.165) is 0 Å². The minimum atomic E-state index is -3.22. The maximum Gasteiger partial charge on any atom is 0.329 e. The number of rotatable bonds is 1. The third kappa shape index (κ3) is 1.95. The van der Waals surface area contributed by atoms with E-state index in [0.29, 0.717) is 12.8 Å². The number of nitrogens with two attached hydrogens (primary N) is 1. The molecule has 72 valence electrons. The quantitative estimate of drug-likeness (QED) is 0.688. The van der Waals surface area contributed by atoms with Gasteiger partial charge in [0.1, 0.15) is 5.60 Å². The normalized spacial score (nSPS) is 38.2. The zero-order valence-electron chi connectivity index (χ0n) is 6.56. The minimum Gasteiger partial charge on any atom is -0.383 e. The van der Waals surface area contributed by atoms with E-state index in [1.807, 2.05) is 0 Å². The van der Waals surface area contributed by atoms with Crippen LogP contribution in [0.1, 0.15) is 25.7 Å². The monoisotopic (exact) mass is 243 g/mol. The molecule has 1 aliphatic rings. The Morgan fingerprint density at radius 2 is 2.17 bits per heavy atom. The van der Waals surface area contributed by atoms with E-state index >= 15 is 0 Å². The Morgan fingerprint density at radius 3 is 2.50 bits per heavy atom. The summed E-state index contributed by atoms with van der Waals surface area (Å²) in [6.45, 7) is 0. The third-order valence-corrected chi connectivity index (χ3v) is 3.03. The van der Waals surface area contributed by atoms with E-state index in [-0.39, 0.29) is 18.9 Å². The molecule has 2 atom stereocenters. The summed E-state index contributed by atoms with van der Waals surface area (Å²) >= 11 is 2.18. The summed E-state index contributed by atoms with van der Waals surface area (Å²) in [5.74, 6) is 0. The first kappa shape index (κ1) is 10.3. The molecule has 0 aromatic heterocycles. The molecule has 3 N–H and O–H groups in total. The van der Waals surface area contributed by atoms with Crippen LogP contribution in [0.3, 0.4) is 0 Å². The first-order valence-corrected chi connectivity index (χ1v) is 4.69. The van der Waals surface area contributed by atoms with Gasteiger partial charge >= 0.3 is 4.83 Å². The maximum atomic E-state index is 12.8. The van der Waals surface area contributed by atoms with Gasteiger partial charge in [-0.05, 0) is 41.6 Å². The van der Waals surface area contributed by atoms with E-state index in [4.69, 9.17) is 5.73 Å². The van der Waals surface area contributed by atoms with Crippen LogP contribution in [0.25, 0.3) is 0 Å². The molecule has 12 heavy (non-hydrogen) atoms. The molecular weight excluding hydrogens is 232 g/mol. The van der Waals surface area contributed by atoms with Crippen molar-refractivity contribution in [2.24, 2.45) is 5.73 Å². The van der Waals surface area contributed by atoms with Gasteiger partial charge < -0.3 is 10.8 Å². The SMILES string of the molecule is NC1CCCC(O)(C(F)(F)Br)C1. The molecule has 0 aromatic rings. The molecule has 0 spiro atoms. The minimum absolute atomic E-state index is 0.0365. The molecule has 0 radical (unpaired) electrons. The first-order chi connectivity index (χ1) is 5.35. The predicted octanol–water partition coefficient (Wildman–Crippen LogP) is 1.61. The molecule has 0 amide bonds. The Balaban J connectivity index is 2.70. The van der Waals surface area contributed by atoms with Crippen molar-refractivity contribution in [3.05, 3.63) is 0 Å². The lowest BCUT2D eigenvalue weighted by Gasteiger charge is -2.38. The molecule has 5 heteroatoms. The molecule has 1 rings (SSSR count). The number of hydrogen-bond acceptors (Lipinski definition) is 2. The van der Waals surface area contributed by atoms with Gasteiger partial charge in [-0.1, -0.05) is 0 Å². The van der Waals surface area contributed by atoms with E-state index < -0.39 is 10.4 Å². The highest BCUT2D eigenvalue weighted by Crippen LogP contribution is 2.43. The molecule has 2 nitrogen and oxygen atoms in total. The summed E-state index contributed by atoms with van der Waals surface area (Å²) in [6.07, 6.45) is 1.34. The van der Waals surface area contributed by atoms with Crippen molar-refractivity contribution in [2.75, 3.05) is 0 Å². The largest absolute Gasteiger partial charge is 0.383 e. The smallest absolute Gasteiger partial charge is 0.329 e. The van der Waals surface area contributed by atoms with Crippen molar-refractivity contribution in [1.82, 2.24) is 0 Å². The summed E-state index contributed by atoms with van der Waals surface area (Å²) in [6, 6.07) is -0.313. The van der Waals surface area contributed by atoms with Crippen LogP contribution >= 0.6 is 15.9 Å². The van der Waals surface area contributed by atoms with Crippen molar-refractivity contribution >= 4 is 15.9 Å². The Morgan fingerprint density at radius 1 is 1.58 bits per heavy atom. The van der Waals surface area contributed by atoms with Crippen LogP contribution in [0.4, 0.5) is 8.78 Å². The van der Waals surface area contributed by atoms with Crippen molar-refractivity contribution in [2.45, 2.75) is 42.2 Å². The lowest BCUT2D eigenvalue weighted by Crippen LogP contribution is -2.50. The zero-order chi connectivity index (χ0) is 9.41. The van der Waals surface area contributed by atoms with Gasteiger partial charge in [-0.2, -0.15) is 8.78 Å². The first-order valence-electron chi connectivity index (χ1n) is 3.90. The molecule has 1 fully saturated rings. The number of hydrogen-bond donors (Lipinski definition) is 2. The lowest BCUT2D eigenvalue weighted by atomic mass is 9.82. The molecule has 0 aromatic carbocycles. The fraction of sp³-hybridized carbons (Fsp3) is 1.00. The third-order valence-electron chi connectivity index (χ3n) is 2.29. The van der Waals surface area contributed by atoms with Crippen LogP contribution in [0.15, 0.2) is 0 Å². The molecule has 0 aliphatic heterocycles. The highest BCUT2D eigenvalue weighted by molar-refractivity contribution is 9.10. The van der Waals surface area contributed by atoms with Gasteiger partial charge in [0.15, 0.2) is 0 Å². The topological polar surface area (TPSA) is 46.2 Å². The summed E-state index contributed by atoms with van der Waals surface area (Å²) in [5, 5.41) is 9.50. The fourth-order valence-corrected chi connectivity index (χ4v) is 1.91. The van der Waals surface area contributed by atoms with Crippen LogP contribution in [0.5, 0.6) is 0 Å². The summed E-state index contributed by atoms with van der Waals surface area (Å²) in [4.78, 5) is -3.22. The van der Waals surface area contributed by atoms with Crippen molar-refractivity contribution < 1.29 is 13.9 Å². The van der Waals surface area contributed by atoms with Crippen LogP contribution in [-0.2, 0) is 0 Å². The number of aliphatic hydroxyl groups is 1. The molecule has 1 aliphatic carbocycles. The molecule has 1 saturated carbocycles. The van der Waals surface area contributed by atoms with Gasteiger partial charge in [-0.25, -0.2) is 0 Å². The number of alkyl halides is 3. The standard InChI is InChI=1S/C7H12BrF2NO/c8-7(9,10)6(12)3-1-2-5(11)4-6/h5,12H,1-4,11H2. The van der Waals surface area contributed by atoms with Crippen LogP contribution in [0, 0.1) is 0 Å². The van der Waals surface area contributed by atoms with Gasteiger partial charge in [0, 0.05) is 6.04 Å². The second kappa shape index (κ2) is 3.20. The van der Waals surface area contributed by atoms with Gasteiger partial charge in [-0.15, -0.1) is 0 Å². The van der Waals surface area contributed by atoms with E-state index in [1.54, 1.807) is 0 Å². The summed E-state index contributed by atoms with van der Waals surface area (Å²) in [5.41, 5.74) is 3.54. The second-order valence-corrected chi connectivity index (χ2v) is 4.38. The summed E-state index contributed by atoms with van der Waals surface area (Å²) < 4.78 is 25.6. The van der Waals surface area contributed by atoms with Gasteiger partial charge in [0.05, 0.1) is 0 Å². The molecule has 0 heterocycles. The average molecular weight is 244 g/mol. The Labute approximate surface area is 78.3 Å². The Hall–Kier alpha value is 0.260. The fourth-order valence-electron chi connectivity index (χ4n) is 1.55. The highest BCUT2D eigenvalue weighted by Gasteiger charge is 2.52. The van der Waals surface area contributed by atoms with E-state index in [2.05, 4.69) is 15.9 Å². The van der Waals surface area contributed by atoms with Crippen molar-refractivity contribution in [3.8, 4) is 0 Å². The van der Waals surface area contributed by atoms with Crippen LogP contribution < -0.4 is 5.73 Å². The maximum absolute atomic E-state index is 12.8. The Kier molecular flexibility index (Phi) is 2.75. The van der Waals surface area contributed by atoms with Crippen LogP contribution in [0.2, 0.25) is 0 Å². The lowest BCUT2D eigenvalue weighted by molar-refractivity contribution is -0.137. The van der Waals surface area contributed by atoms with Gasteiger partial charge in [0.25, 0.3) is 0 Å². The van der Waals surface area contributed by atoms with Crippen molar-refractivity contribution in [1.29, 1.82) is 0 Å². The predicted molar refractivity (Wildman–Crippen MR) is 45.3 cm³/mol. The molecule has 0 bridgehead atoms. The molecule has 0 saturated heterocycles. The molecular formula is C7H12BrF2NO. The molecule has 2 unspecified atom stereocenters. The zero-order valence-corrected chi connectivity index (χ0v) is 8.15. The second-order valence-electron chi connectivity index (χ2n) is 3.39. The number of halogens is 3. The van der Waals surface area contributed by atoms with Gasteiger partial charge in [0.2, 0.25) is 0 Å². The highest BCUT2D eigenvalue weighted by atomic mass is 79.9. The van der Waals surface area contributed by atoms with E-state index in [1.165, 1.54) is 0 Å². The van der Waals surface area contributed by atoms with E-state index in [9.17, 15) is 13.9 Å². The van der Waals surface area contributed by atoms with Crippen molar-refractivity contribution in [3.63, 3.8) is 0 Å². The summed E-state index contributed by atoms with van der Waals surface area (Å²) in [7, 11) is 0. The Bertz CT molecular complexity index is 173. The average Bonchev–Trinajstić information content (AvgIpc) is 1.83.